The molecule has 1 aromatic carbocycles. The van der Waals surface area contributed by atoms with Gasteiger partial charge in [-0.1, -0.05) is 12.2 Å². The summed E-state index contributed by atoms with van der Waals surface area (Å²) >= 11 is 0. The molecule has 0 fully saturated rings. The normalized spacial score (nSPS) is 13.2. The fraction of sp³-hybridized carbons (Fsp3) is 0.542. The van der Waals surface area contributed by atoms with Crippen LogP contribution in [0.4, 0.5) is 26.3 Å². The highest BCUT2D eigenvalue weighted by Crippen LogP contribution is 2.50. The number of aldehydes is 1. The van der Waals surface area contributed by atoms with E-state index in [0.29, 0.717) is 17.6 Å². The van der Waals surface area contributed by atoms with Gasteiger partial charge in [0.25, 0.3) is 0 Å². The number of carbonyl (C=O) groups is 3. The zero-order chi connectivity index (χ0) is 30.6. The Morgan fingerprint density at radius 2 is 1.60 bits per heavy atom. The van der Waals surface area contributed by atoms with Crippen LogP contribution in [0.5, 0.6) is 11.5 Å². The average Bonchev–Trinajstić information content (AvgIpc) is 2.84. The van der Waals surface area contributed by atoms with E-state index in [1.807, 2.05) is 0 Å². The summed E-state index contributed by atoms with van der Waals surface area (Å²) in [5.41, 5.74) is 0.328. The van der Waals surface area contributed by atoms with Crippen LogP contribution < -0.4 is 9.47 Å². The number of benzene rings is 1. The molecular formula is C24H29F6O9P. The Hall–Kier alpha value is -2.90. The number of hydrogen-bond acceptors (Lipinski definition) is 9. The number of ether oxygens (including phenoxy) is 3. The number of carbonyl (C=O) groups excluding carboxylic acids is 3. The van der Waals surface area contributed by atoms with Gasteiger partial charge in [-0.2, -0.15) is 26.3 Å². The first-order valence-corrected chi connectivity index (χ1v) is 13.4. The maximum atomic E-state index is 12.7. The second kappa shape index (κ2) is 15.8. The van der Waals surface area contributed by atoms with E-state index in [2.05, 4.69) is 9.05 Å². The number of unbranched alkanes of at least 4 members (excludes halogenated alkanes) is 1. The van der Waals surface area contributed by atoms with E-state index in [0.717, 1.165) is 0 Å². The highest BCUT2D eigenvalue weighted by atomic mass is 31.2. The zero-order valence-corrected chi connectivity index (χ0v) is 22.7. The molecule has 0 unspecified atom stereocenters. The van der Waals surface area contributed by atoms with Gasteiger partial charge in [0.15, 0.2) is 13.2 Å². The summed E-state index contributed by atoms with van der Waals surface area (Å²) in [5, 5.41) is 0. The second-order valence-electron chi connectivity index (χ2n) is 8.29. The lowest BCUT2D eigenvalue weighted by molar-refractivity contribution is -0.165. The van der Waals surface area contributed by atoms with Crippen LogP contribution in [-0.4, -0.2) is 70.1 Å². The molecule has 0 saturated carbocycles. The van der Waals surface area contributed by atoms with Crippen molar-refractivity contribution < 1.29 is 68.5 Å². The Morgan fingerprint density at radius 1 is 1.00 bits per heavy atom. The van der Waals surface area contributed by atoms with E-state index in [4.69, 9.17) is 14.2 Å². The van der Waals surface area contributed by atoms with Gasteiger partial charge in [0.2, 0.25) is 0 Å². The van der Waals surface area contributed by atoms with Gasteiger partial charge in [0.05, 0.1) is 14.2 Å². The van der Waals surface area contributed by atoms with Crippen LogP contribution in [0.25, 0.3) is 6.08 Å². The smallest absolute Gasteiger partial charge is 0.412 e. The van der Waals surface area contributed by atoms with E-state index in [-0.39, 0.29) is 37.0 Å². The van der Waals surface area contributed by atoms with Gasteiger partial charge >= 0.3 is 25.9 Å². The van der Waals surface area contributed by atoms with Crippen molar-refractivity contribution in [2.45, 2.75) is 51.1 Å². The van der Waals surface area contributed by atoms with Crippen molar-refractivity contribution in [3.63, 3.8) is 0 Å². The first-order valence-electron chi connectivity index (χ1n) is 11.6. The molecule has 0 N–H and O–H groups in total. The van der Waals surface area contributed by atoms with Crippen molar-refractivity contribution in [2.75, 3.05) is 33.6 Å². The highest BCUT2D eigenvalue weighted by molar-refractivity contribution is 7.54. The van der Waals surface area contributed by atoms with Crippen LogP contribution in [0, 0.1) is 0 Å². The Bertz CT molecular complexity index is 1060. The molecule has 0 aliphatic heterocycles. The number of hydrogen-bond donors (Lipinski definition) is 0. The number of esters is 1. The van der Waals surface area contributed by atoms with Crippen LogP contribution in [0.1, 0.15) is 48.5 Å². The van der Waals surface area contributed by atoms with Crippen molar-refractivity contribution in [3.05, 3.63) is 29.3 Å². The van der Waals surface area contributed by atoms with E-state index in [9.17, 15) is 45.3 Å². The molecule has 1 atom stereocenters. The number of Topliss-reactive ketones (excluding diaryl/α,β-unsaturated/α-hetero) is 1. The van der Waals surface area contributed by atoms with Gasteiger partial charge in [-0.05, 0) is 31.4 Å². The van der Waals surface area contributed by atoms with Gasteiger partial charge < -0.3 is 19.0 Å². The zero-order valence-electron chi connectivity index (χ0n) is 21.8. The molecule has 0 amide bonds. The SMILES string of the molecule is COc1cc(/C=C/CCCC(=O)CP(=O)(OCC(F)(F)F)OCC(F)(F)F)c(C(=O)O[C@@H](C)CC=O)c(OC)c1. The Balaban J connectivity index is 2.92. The van der Waals surface area contributed by atoms with Crippen molar-refractivity contribution in [2.24, 2.45) is 0 Å². The molecule has 0 heterocycles. The van der Waals surface area contributed by atoms with Crippen molar-refractivity contribution in [1.29, 1.82) is 0 Å². The second-order valence-corrected chi connectivity index (χ2v) is 10.3. The topological polar surface area (TPSA) is 114 Å². The van der Waals surface area contributed by atoms with Crippen LogP contribution >= 0.6 is 7.60 Å². The van der Waals surface area contributed by atoms with Gasteiger partial charge in [-0.3, -0.25) is 18.4 Å². The number of halogens is 6. The fourth-order valence-corrected chi connectivity index (χ4v) is 4.59. The number of alkyl halides is 6. The quantitative estimate of drug-likeness (QED) is 0.0699. The third-order valence-electron chi connectivity index (χ3n) is 4.85. The van der Waals surface area contributed by atoms with Gasteiger partial charge in [-0.25, -0.2) is 4.79 Å². The van der Waals surface area contributed by atoms with Crippen molar-refractivity contribution in [1.82, 2.24) is 0 Å². The summed E-state index contributed by atoms with van der Waals surface area (Å²) in [6, 6.07) is 2.94. The van der Waals surface area contributed by atoms with Gasteiger partial charge in [-0.15, -0.1) is 0 Å². The molecule has 0 bridgehead atoms. The average molecular weight is 606 g/mol. The molecule has 9 nitrogen and oxygen atoms in total. The maximum Gasteiger partial charge on any atom is 0.412 e. The molecule has 0 aliphatic carbocycles. The highest BCUT2D eigenvalue weighted by Gasteiger charge is 2.39. The molecule has 1 aromatic rings. The summed E-state index contributed by atoms with van der Waals surface area (Å²) in [6.45, 7) is -2.78. The minimum atomic E-state index is -5.03. The van der Waals surface area contributed by atoms with E-state index in [1.165, 1.54) is 45.4 Å². The van der Waals surface area contributed by atoms with Crippen molar-refractivity contribution >= 4 is 31.7 Å². The largest absolute Gasteiger partial charge is 0.497 e. The molecule has 226 valence electrons. The van der Waals surface area contributed by atoms with Crippen LogP contribution in [-0.2, 0) is 27.9 Å². The molecule has 0 aromatic heterocycles. The molecule has 0 aliphatic rings. The monoisotopic (exact) mass is 606 g/mol. The van der Waals surface area contributed by atoms with E-state index in [1.54, 1.807) is 0 Å². The summed E-state index contributed by atoms with van der Waals surface area (Å²) in [4.78, 5) is 35.6. The Kier molecular flexibility index (Phi) is 13.9. The van der Waals surface area contributed by atoms with E-state index >= 15 is 0 Å². The van der Waals surface area contributed by atoms with Gasteiger partial charge in [0.1, 0.15) is 41.4 Å². The summed E-state index contributed by atoms with van der Waals surface area (Å²) in [7, 11) is -2.34. The molecule has 0 radical (unpaired) electrons. The van der Waals surface area contributed by atoms with Crippen LogP contribution in [0.3, 0.4) is 0 Å². The number of allylic oxidation sites excluding steroid dienone is 1. The van der Waals surface area contributed by atoms with Gasteiger partial charge in [0, 0.05) is 18.9 Å². The van der Waals surface area contributed by atoms with Crippen LogP contribution in [0.2, 0.25) is 0 Å². The number of methoxy groups -OCH3 is 2. The number of rotatable bonds is 17. The first kappa shape index (κ1) is 35.1. The summed E-state index contributed by atoms with van der Waals surface area (Å²) < 4.78 is 111. The molecule has 0 spiro atoms. The Labute approximate surface area is 226 Å². The third-order valence-corrected chi connectivity index (χ3v) is 6.63. The standard InChI is InChI=1S/C24H29F6O9P/c1-16(9-10-31)39-22(33)21-17(11-19(35-2)12-20(21)36-3)7-5-4-6-8-18(32)13-40(34,37-14-23(25,26)27)38-15-24(28,29)30/h5,7,10-12,16H,4,6,8-9,13-15H2,1-3H3/b7-5+/t16-/m0/s1. The minimum absolute atomic E-state index is 0.0259. The predicted octanol–water partition coefficient (Wildman–Crippen LogP) is 5.94. The molecule has 40 heavy (non-hydrogen) atoms. The molecular weight excluding hydrogens is 577 g/mol. The summed E-state index contributed by atoms with van der Waals surface area (Å²) in [6.07, 6.45) is -8.55. The molecule has 16 heteroatoms. The van der Waals surface area contributed by atoms with E-state index < -0.39 is 57.2 Å². The third kappa shape index (κ3) is 13.4. The van der Waals surface area contributed by atoms with Crippen molar-refractivity contribution in [3.8, 4) is 11.5 Å². The fourth-order valence-electron chi connectivity index (χ4n) is 3.06. The molecule has 0 saturated heterocycles. The first-order chi connectivity index (χ1) is 18.5. The predicted molar refractivity (Wildman–Crippen MR) is 129 cm³/mol. The molecule has 1 rings (SSSR count). The summed E-state index contributed by atoms with van der Waals surface area (Å²) in [5.74, 6) is -1.27. The Morgan fingerprint density at radius 3 is 2.10 bits per heavy atom. The van der Waals surface area contributed by atoms with Crippen LogP contribution in [0.15, 0.2) is 18.2 Å². The minimum Gasteiger partial charge on any atom is -0.497 e. The lowest BCUT2D eigenvalue weighted by Gasteiger charge is -2.19. The lowest BCUT2D eigenvalue weighted by Crippen LogP contribution is -2.22. The lowest BCUT2D eigenvalue weighted by atomic mass is 10.0. The number of ketones is 1. The maximum absolute atomic E-state index is 12.7.